The lowest BCUT2D eigenvalue weighted by molar-refractivity contribution is -0.200. The highest BCUT2D eigenvalue weighted by Crippen LogP contribution is 2.47. The van der Waals surface area contributed by atoms with Crippen LogP contribution in [0, 0.1) is 0 Å². The minimum Gasteiger partial charge on any atom is -0.506 e. The number of benzene rings is 4. The average molecular weight is 930 g/mol. The van der Waals surface area contributed by atoms with Gasteiger partial charge in [0.15, 0.2) is 11.6 Å². The van der Waals surface area contributed by atoms with Crippen LogP contribution in [-0.4, -0.2) is 72.4 Å². The van der Waals surface area contributed by atoms with E-state index in [0.717, 1.165) is 80.4 Å². The molecule has 4 aromatic rings. The lowest BCUT2D eigenvalue weighted by Gasteiger charge is -2.40. The normalized spacial score (nSPS) is 16.0. The number of allylic oxidation sites excluding steroid dienone is 2. The predicted octanol–water partition coefficient (Wildman–Crippen LogP) is 9.67. The quantitative estimate of drug-likeness (QED) is 0.0253. The third-order valence-corrected chi connectivity index (χ3v) is 12.9. The Labute approximate surface area is 398 Å². The fourth-order valence-corrected chi connectivity index (χ4v) is 9.19. The minimum absolute atomic E-state index is 0.0593. The zero-order valence-corrected chi connectivity index (χ0v) is 40.1. The van der Waals surface area contributed by atoms with Gasteiger partial charge in [-0.1, -0.05) is 128 Å². The molecule has 0 saturated carbocycles. The van der Waals surface area contributed by atoms with E-state index in [1.807, 2.05) is 54.6 Å². The molecule has 0 unspecified atom stereocenters. The number of unbranched alkanes of at least 4 members (excludes halogenated alkanes) is 8. The largest absolute Gasteiger partial charge is 0.506 e. The molecule has 0 amide bonds. The first-order valence-corrected chi connectivity index (χ1v) is 24.8. The number of carbonyl (C=O) groups excluding carboxylic acids is 5. The number of anilines is 3. The smallest absolute Gasteiger partial charge is 0.339 e. The van der Waals surface area contributed by atoms with Crippen molar-refractivity contribution in [3.05, 3.63) is 82.4 Å². The molecule has 362 valence electrons. The van der Waals surface area contributed by atoms with Gasteiger partial charge in [-0.15, -0.1) is 0 Å². The Balaban J connectivity index is 1.31. The maximum Gasteiger partial charge on any atom is 0.339 e. The van der Waals surface area contributed by atoms with Crippen molar-refractivity contribution in [3.63, 3.8) is 0 Å². The molecule has 3 aliphatic rings. The van der Waals surface area contributed by atoms with Crippen LogP contribution < -0.4 is 26.4 Å². The fraction of sp³-hybridized carbons (Fsp3) is 0.473. The van der Waals surface area contributed by atoms with Crippen LogP contribution in [0.15, 0.2) is 66.4 Å². The Morgan fingerprint density at radius 3 is 1.63 bits per heavy atom. The van der Waals surface area contributed by atoms with Crippen LogP contribution in [0.3, 0.4) is 0 Å². The summed E-state index contributed by atoms with van der Waals surface area (Å²) in [5.74, 6) is -1.63. The second-order valence-corrected chi connectivity index (χ2v) is 18.3. The maximum absolute atomic E-state index is 14.9. The molecule has 4 N–H and O–H groups in total. The summed E-state index contributed by atoms with van der Waals surface area (Å²) in [5, 5.41) is 26.6. The van der Waals surface area contributed by atoms with E-state index >= 15 is 0 Å². The number of rotatable bonds is 27. The van der Waals surface area contributed by atoms with Gasteiger partial charge in [-0.25, -0.2) is 0 Å². The molecule has 0 spiro atoms. The zero-order chi connectivity index (χ0) is 48.3. The second-order valence-electron chi connectivity index (χ2n) is 18.3. The van der Waals surface area contributed by atoms with E-state index in [9.17, 15) is 29.1 Å². The highest BCUT2D eigenvalue weighted by atomic mass is 16.7. The molecule has 68 heavy (non-hydrogen) atoms. The van der Waals surface area contributed by atoms with Crippen molar-refractivity contribution in [1.82, 2.24) is 0 Å². The third-order valence-electron chi connectivity index (χ3n) is 12.9. The summed E-state index contributed by atoms with van der Waals surface area (Å²) in [7, 11) is 0. The molecule has 2 heterocycles. The van der Waals surface area contributed by atoms with Gasteiger partial charge in [0.2, 0.25) is 5.78 Å². The Hall–Kier alpha value is -6.05. The van der Waals surface area contributed by atoms with Crippen molar-refractivity contribution in [3.8, 4) is 0 Å². The molecule has 7 rings (SSSR count). The highest BCUT2D eigenvalue weighted by Gasteiger charge is 2.44. The number of nitrogens with one attached hydrogen (secondary N) is 3. The summed E-state index contributed by atoms with van der Waals surface area (Å²) in [4.78, 5) is 67.2. The highest BCUT2D eigenvalue weighted by molar-refractivity contribution is 6.52. The molecule has 0 aromatic heterocycles. The van der Waals surface area contributed by atoms with E-state index < -0.39 is 17.4 Å². The molecule has 13 heteroatoms. The summed E-state index contributed by atoms with van der Waals surface area (Å²) in [6.07, 6.45) is 13.3. The molecule has 13 nitrogen and oxygen atoms in total. The van der Waals surface area contributed by atoms with Crippen LogP contribution in [0.25, 0.3) is 38.8 Å². The van der Waals surface area contributed by atoms with Gasteiger partial charge >= 0.3 is 18.0 Å². The van der Waals surface area contributed by atoms with E-state index in [1.165, 1.54) is 0 Å². The summed E-state index contributed by atoms with van der Waals surface area (Å²) in [6.45, 7) is 7.35. The van der Waals surface area contributed by atoms with Gasteiger partial charge in [-0.05, 0) is 65.1 Å². The second kappa shape index (κ2) is 22.8. The predicted molar refractivity (Wildman–Crippen MR) is 266 cm³/mol. The number of aliphatic hydroxyl groups is 1. The topological polar surface area (TPSA) is 179 Å². The molecule has 0 atom stereocenters. The molecule has 0 fully saturated rings. The van der Waals surface area contributed by atoms with Gasteiger partial charge in [0.05, 0.1) is 16.8 Å². The van der Waals surface area contributed by atoms with Crippen molar-refractivity contribution < 1.29 is 48.0 Å². The minimum atomic E-state index is -1.88. The van der Waals surface area contributed by atoms with E-state index in [1.54, 1.807) is 12.1 Å². The molecule has 2 aliphatic heterocycles. The maximum atomic E-state index is 14.9. The van der Waals surface area contributed by atoms with Gasteiger partial charge in [-0.2, -0.15) is 0 Å². The van der Waals surface area contributed by atoms with Crippen molar-refractivity contribution in [2.45, 2.75) is 142 Å². The molecule has 4 aromatic carbocycles. The number of ketones is 3. The Bertz CT molecular complexity index is 2650. The Morgan fingerprint density at radius 1 is 0.574 bits per heavy atom. The first kappa shape index (κ1) is 49.8. The lowest BCUT2D eigenvalue weighted by atomic mass is 9.79. The average Bonchev–Trinajstić information content (AvgIpc) is 3.33. The fourth-order valence-electron chi connectivity index (χ4n) is 9.19. The number of aliphatic hydroxyl groups excluding tert-OH is 1. The van der Waals surface area contributed by atoms with E-state index in [-0.39, 0.29) is 79.7 Å². The molecule has 1 aliphatic carbocycles. The van der Waals surface area contributed by atoms with Crippen LogP contribution in [0.4, 0.5) is 17.1 Å². The van der Waals surface area contributed by atoms with Crippen LogP contribution in [-0.2, 0) is 42.9 Å². The van der Waals surface area contributed by atoms with Gasteiger partial charge in [0.1, 0.15) is 37.7 Å². The molecule has 0 radical (unpaired) electrons. The van der Waals surface area contributed by atoms with Crippen LogP contribution in [0.2, 0.25) is 0 Å². The number of hydrogen-bond donors (Lipinski definition) is 4. The first-order chi connectivity index (χ1) is 33.0. The van der Waals surface area contributed by atoms with Crippen LogP contribution in [0.1, 0.15) is 136 Å². The number of esters is 2. The summed E-state index contributed by atoms with van der Waals surface area (Å²) in [6, 6.07) is 16.8. The van der Waals surface area contributed by atoms with Crippen LogP contribution >= 0.6 is 0 Å². The van der Waals surface area contributed by atoms with Crippen molar-refractivity contribution in [2.24, 2.45) is 0 Å². The molecule has 0 bridgehead atoms. The standard InChI is InChI=1S/C55H67N3O10/c1-5-9-13-21-38(59)32-67-55(68-33-39(60)22-14-10-6-2)57-44-24-18-20-37-28-30-41(51(58-55)48(37)44)50-52(63)49(53(50)64)40-29-27-36-19-17-23-43-47(36)42(40)31-54(56-43,34-65-45(61)25-15-11-7-3)35-66-46(62)26-16-12-8-4/h17-20,23-24,27-31,56-58,63H,5-16,21-22,25-26,32-35H2,1-4H3. The SMILES string of the molecule is CCCCCC(=O)COC1(OCC(=O)CCCCC)Nc2cccc3ccc(C4=C(O)C(=c5ccc6cccc7c6c5=CC(COC(=O)CCCCC)(COC(=O)CCCCC)N7)C4=O)c(c23)N1. The van der Waals surface area contributed by atoms with Gasteiger partial charge in [0.25, 0.3) is 0 Å². The Morgan fingerprint density at radius 2 is 1.09 bits per heavy atom. The number of ether oxygens (including phenoxy) is 4. The number of carbonyl (C=O) groups is 5. The van der Waals surface area contributed by atoms with E-state index in [2.05, 4.69) is 43.6 Å². The number of hydrogen-bond acceptors (Lipinski definition) is 13. The summed E-state index contributed by atoms with van der Waals surface area (Å²) >= 11 is 0. The van der Waals surface area contributed by atoms with Crippen molar-refractivity contribution >= 4 is 85.1 Å². The summed E-state index contributed by atoms with van der Waals surface area (Å²) in [5.41, 5.74) is 1.00. The van der Waals surface area contributed by atoms with Crippen molar-refractivity contribution in [2.75, 3.05) is 42.4 Å². The molecular formula is C55H67N3O10. The summed E-state index contributed by atoms with van der Waals surface area (Å²) < 4.78 is 24.4. The number of Topliss-reactive ketones (excluding diaryl/α,β-unsaturated/α-hetero) is 3. The van der Waals surface area contributed by atoms with E-state index in [4.69, 9.17) is 18.9 Å². The zero-order valence-electron chi connectivity index (χ0n) is 40.1. The first-order valence-electron chi connectivity index (χ1n) is 24.8. The van der Waals surface area contributed by atoms with Crippen molar-refractivity contribution in [1.29, 1.82) is 0 Å². The van der Waals surface area contributed by atoms with E-state index in [0.29, 0.717) is 64.1 Å². The van der Waals surface area contributed by atoms with Gasteiger partial charge in [-0.3, -0.25) is 24.0 Å². The third kappa shape index (κ3) is 11.3. The Kier molecular flexibility index (Phi) is 16.7. The molecular weight excluding hydrogens is 863 g/mol. The van der Waals surface area contributed by atoms with Gasteiger partial charge in [0, 0.05) is 53.4 Å². The lowest BCUT2D eigenvalue weighted by Crippen LogP contribution is -2.54. The van der Waals surface area contributed by atoms with Gasteiger partial charge < -0.3 is 40.0 Å². The van der Waals surface area contributed by atoms with Crippen LogP contribution in [0.5, 0.6) is 0 Å². The molecule has 0 saturated heterocycles. The monoisotopic (exact) mass is 929 g/mol.